The van der Waals surface area contributed by atoms with Crippen molar-refractivity contribution in [2.45, 2.75) is 19.5 Å². The summed E-state index contributed by atoms with van der Waals surface area (Å²) in [7, 11) is 1.60. The number of nitrogens with one attached hydrogen (secondary N) is 1. The molecule has 0 fully saturated rings. The first kappa shape index (κ1) is 20.4. The predicted molar refractivity (Wildman–Crippen MR) is 128 cm³/mol. The van der Waals surface area contributed by atoms with Gasteiger partial charge in [0.15, 0.2) is 0 Å². The maximum absolute atomic E-state index is 12.8. The van der Waals surface area contributed by atoms with Crippen molar-refractivity contribution in [3.8, 4) is 5.75 Å². The van der Waals surface area contributed by atoms with E-state index in [1.165, 1.54) is 5.52 Å². The molecule has 2 heterocycles. The third kappa shape index (κ3) is 3.89. The van der Waals surface area contributed by atoms with E-state index in [1.54, 1.807) is 31.4 Å². The first-order chi connectivity index (χ1) is 15.6. The number of nitrogens with zero attached hydrogens (tertiary/aromatic N) is 3. The van der Waals surface area contributed by atoms with Gasteiger partial charge in [-0.15, -0.1) is 0 Å². The van der Waals surface area contributed by atoms with Crippen LogP contribution in [0.5, 0.6) is 5.75 Å². The normalized spacial score (nSPS) is 13.5. The van der Waals surface area contributed by atoms with E-state index in [4.69, 9.17) is 21.3 Å². The van der Waals surface area contributed by atoms with Crippen LogP contribution in [0.2, 0.25) is 5.02 Å². The molecule has 4 aromatic rings. The summed E-state index contributed by atoms with van der Waals surface area (Å²) in [5.41, 5.74) is 4.37. The molecule has 1 aliphatic rings. The second-order valence-electron chi connectivity index (χ2n) is 7.79. The van der Waals surface area contributed by atoms with Gasteiger partial charge in [-0.1, -0.05) is 23.7 Å². The molecule has 162 valence electrons. The summed E-state index contributed by atoms with van der Waals surface area (Å²) >= 11 is 5.94. The Morgan fingerprint density at radius 3 is 2.69 bits per heavy atom. The Labute approximate surface area is 191 Å². The molecule has 0 aliphatic carbocycles. The Morgan fingerprint density at radius 2 is 1.88 bits per heavy atom. The van der Waals surface area contributed by atoms with E-state index < -0.39 is 0 Å². The fourth-order valence-corrected chi connectivity index (χ4v) is 4.30. The Balaban J connectivity index is 1.43. The van der Waals surface area contributed by atoms with Crippen molar-refractivity contribution in [1.82, 2.24) is 9.55 Å². The van der Waals surface area contributed by atoms with E-state index in [1.807, 2.05) is 24.3 Å². The third-order valence-electron chi connectivity index (χ3n) is 5.78. The fraction of sp³-hybridized carbons (Fsp3) is 0.200. The zero-order valence-electron chi connectivity index (χ0n) is 17.7. The molecule has 1 amide bonds. The molecule has 0 saturated carbocycles. The second-order valence-corrected chi connectivity index (χ2v) is 8.23. The lowest BCUT2D eigenvalue weighted by Gasteiger charge is -2.23. The van der Waals surface area contributed by atoms with Crippen LogP contribution >= 0.6 is 11.6 Å². The van der Waals surface area contributed by atoms with Crippen molar-refractivity contribution in [3.05, 3.63) is 83.1 Å². The maximum atomic E-state index is 12.8. The third-order valence-corrected chi connectivity index (χ3v) is 6.03. The molecule has 0 unspecified atom stereocenters. The molecule has 0 saturated heterocycles. The quantitative estimate of drug-likeness (QED) is 0.458. The van der Waals surface area contributed by atoms with Gasteiger partial charge in [0.05, 0.1) is 30.4 Å². The van der Waals surface area contributed by atoms with Crippen LogP contribution in [0.1, 0.15) is 22.6 Å². The minimum atomic E-state index is -0.213. The number of halogens is 1. The Kier molecular flexibility index (Phi) is 5.45. The number of hydrogen-bond donors (Lipinski definition) is 1. The number of benzene rings is 3. The number of fused-ring (bicyclic) bond motifs is 3. The lowest BCUT2D eigenvalue weighted by atomic mass is 10.2. The number of rotatable bonds is 4. The summed E-state index contributed by atoms with van der Waals surface area (Å²) in [5.74, 6) is 1.44. The van der Waals surface area contributed by atoms with Crippen LogP contribution in [0, 0.1) is 0 Å². The van der Waals surface area contributed by atoms with Crippen molar-refractivity contribution in [2.75, 3.05) is 23.9 Å². The van der Waals surface area contributed by atoms with Crippen LogP contribution in [-0.4, -0.2) is 29.1 Å². The molecule has 0 radical (unpaired) electrons. The minimum Gasteiger partial charge on any atom is -0.495 e. The van der Waals surface area contributed by atoms with Gasteiger partial charge in [-0.2, -0.15) is 0 Å². The molecule has 0 bridgehead atoms. The van der Waals surface area contributed by atoms with E-state index in [-0.39, 0.29) is 5.91 Å². The van der Waals surface area contributed by atoms with Gasteiger partial charge in [0.1, 0.15) is 11.6 Å². The van der Waals surface area contributed by atoms with Crippen LogP contribution < -0.4 is 15.0 Å². The second kappa shape index (κ2) is 8.55. The van der Waals surface area contributed by atoms with Crippen LogP contribution in [-0.2, 0) is 13.1 Å². The van der Waals surface area contributed by atoms with Gasteiger partial charge >= 0.3 is 0 Å². The predicted octanol–water partition coefficient (Wildman–Crippen LogP) is 5.36. The van der Waals surface area contributed by atoms with Gasteiger partial charge in [-0.25, -0.2) is 4.98 Å². The highest BCUT2D eigenvalue weighted by Gasteiger charge is 2.20. The number of carbonyl (C=O) groups is 1. The molecule has 6 nitrogen and oxygen atoms in total. The zero-order valence-corrected chi connectivity index (χ0v) is 18.5. The highest BCUT2D eigenvalue weighted by molar-refractivity contribution is 6.30. The molecule has 0 spiro atoms. The first-order valence-corrected chi connectivity index (χ1v) is 10.9. The van der Waals surface area contributed by atoms with E-state index >= 15 is 0 Å². The maximum Gasteiger partial charge on any atom is 0.255 e. The van der Waals surface area contributed by atoms with Crippen molar-refractivity contribution in [3.63, 3.8) is 0 Å². The molecule has 0 atom stereocenters. The summed E-state index contributed by atoms with van der Waals surface area (Å²) < 4.78 is 7.80. The zero-order chi connectivity index (χ0) is 22.1. The number of aromatic nitrogens is 2. The minimum absolute atomic E-state index is 0.213. The topological polar surface area (TPSA) is 59.4 Å². The van der Waals surface area contributed by atoms with Gasteiger partial charge in [0.25, 0.3) is 5.91 Å². The summed E-state index contributed by atoms with van der Waals surface area (Å²) in [6.07, 6.45) is 1.01. The number of imidazole rings is 1. The number of para-hydroxylation sites is 2. The largest absolute Gasteiger partial charge is 0.495 e. The molecular weight excluding hydrogens is 424 g/mol. The Morgan fingerprint density at radius 1 is 1.06 bits per heavy atom. The number of carbonyl (C=O) groups excluding carboxylic acids is 1. The van der Waals surface area contributed by atoms with Crippen LogP contribution in [0.25, 0.3) is 11.0 Å². The number of methoxy groups -OCH3 is 1. The first-order valence-electron chi connectivity index (χ1n) is 10.6. The fourth-order valence-electron chi connectivity index (χ4n) is 4.17. The van der Waals surface area contributed by atoms with Crippen molar-refractivity contribution in [2.24, 2.45) is 0 Å². The summed E-state index contributed by atoms with van der Waals surface area (Å²) in [4.78, 5) is 19.9. The molecule has 5 rings (SSSR count). The molecule has 3 aromatic carbocycles. The number of amides is 1. The van der Waals surface area contributed by atoms with Gasteiger partial charge in [-0.3, -0.25) is 4.79 Å². The summed E-state index contributed by atoms with van der Waals surface area (Å²) in [5, 5.41) is 3.57. The average molecular weight is 447 g/mol. The molecule has 1 aliphatic heterocycles. The molecule has 1 aromatic heterocycles. The number of hydrogen-bond acceptors (Lipinski definition) is 4. The molecular formula is C25H23ClN4O2. The van der Waals surface area contributed by atoms with Gasteiger partial charge in [0.2, 0.25) is 0 Å². The van der Waals surface area contributed by atoms with E-state index in [0.29, 0.717) is 28.6 Å². The van der Waals surface area contributed by atoms with Crippen molar-refractivity contribution in [1.29, 1.82) is 0 Å². The van der Waals surface area contributed by atoms with Gasteiger partial charge < -0.3 is 19.5 Å². The van der Waals surface area contributed by atoms with E-state index in [0.717, 1.165) is 36.5 Å². The Hall–Kier alpha value is -3.51. The number of aryl methyl sites for hydroxylation is 1. The monoisotopic (exact) mass is 446 g/mol. The van der Waals surface area contributed by atoms with E-state index in [9.17, 15) is 4.79 Å². The smallest absolute Gasteiger partial charge is 0.255 e. The summed E-state index contributed by atoms with van der Waals surface area (Å²) in [6, 6.07) is 20.9. The van der Waals surface area contributed by atoms with Crippen molar-refractivity contribution >= 4 is 39.9 Å². The van der Waals surface area contributed by atoms with Gasteiger partial charge in [0, 0.05) is 29.4 Å². The lowest BCUT2D eigenvalue weighted by molar-refractivity contribution is 0.102. The molecule has 32 heavy (non-hydrogen) atoms. The van der Waals surface area contributed by atoms with E-state index in [2.05, 4.69) is 33.0 Å². The highest BCUT2D eigenvalue weighted by Crippen LogP contribution is 2.32. The van der Waals surface area contributed by atoms with Crippen LogP contribution in [0.15, 0.2) is 66.7 Å². The number of anilines is 2. The van der Waals surface area contributed by atoms with Crippen LogP contribution in [0.3, 0.4) is 0 Å². The molecule has 1 N–H and O–H groups in total. The van der Waals surface area contributed by atoms with Crippen molar-refractivity contribution < 1.29 is 9.53 Å². The lowest BCUT2D eigenvalue weighted by Crippen LogP contribution is -2.23. The summed E-state index contributed by atoms with van der Waals surface area (Å²) in [6.45, 7) is 2.53. The van der Waals surface area contributed by atoms with Gasteiger partial charge in [-0.05, 0) is 61.0 Å². The van der Waals surface area contributed by atoms with Crippen LogP contribution in [0.4, 0.5) is 11.4 Å². The standard InChI is InChI=1S/C25H23ClN4O2/c1-32-23-12-11-19(15-21(23)28-25(31)17-7-9-18(26)10-8-17)29-13-4-14-30-22-6-3-2-5-20(22)27-24(30)16-29/h2-3,5-12,15H,4,13-14,16H2,1H3,(H,28,31). The highest BCUT2D eigenvalue weighted by atomic mass is 35.5. The number of ether oxygens (including phenoxy) is 1. The average Bonchev–Trinajstić information content (AvgIpc) is 3.02. The SMILES string of the molecule is COc1ccc(N2CCCn3c(nc4ccccc43)C2)cc1NC(=O)c1ccc(Cl)cc1. The Bertz CT molecular complexity index is 1280. The molecule has 7 heteroatoms.